The first-order chi connectivity index (χ1) is 12.4. The number of carbonyl (C=O) groups excluding carboxylic acids is 1. The molecule has 1 aromatic rings. The van der Waals surface area contributed by atoms with Gasteiger partial charge in [-0.25, -0.2) is 0 Å². The highest BCUT2D eigenvalue weighted by molar-refractivity contribution is 5.94. The molecule has 0 spiro atoms. The van der Waals surface area contributed by atoms with E-state index in [1.54, 1.807) is 0 Å². The maximum atomic E-state index is 12.1. The number of non-ortho nitro benzene ring substituents is 1. The lowest BCUT2D eigenvalue weighted by Gasteiger charge is -2.19. The number of benzene rings is 1. The number of anilines is 1. The first-order valence-corrected chi connectivity index (χ1v) is 8.87. The number of rotatable bonds is 12. The van der Waals surface area contributed by atoms with Crippen molar-refractivity contribution in [2.45, 2.75) is 52.0 Å². The Morgan fingerprint density at radius 2 is 1.88 bits per heavy atom. The van der Waals surface area contributed by atoms with Gasteiger partial charge in [-0.1, -0.05) is 33.1 Å². The van der Waals surface area contributed by atoms with Crippen LogP contribution in [0.25, 0.3) is 0 Å². The Labute approximate surface area is 153 Å². The monoisotopic (exact) mass is 365 g/mol. The Bertz CT molecular complexity index is 603. The summed E-state index contributed by atoms with van der Waals surface area (Å²) in [4.78, 5) is 33.6. The molecule has 8 nitrogen and oxygen atoms in total. The molecule has 0 aromatic heterocycles. The van der Waals surface area contributed by atoms with E-state index in [1.165, 1.54) is 24.3 Å². The van der Waals surface area contributed by atoms with Crippen molar-refractivity contribution in [3.63, 3.8) is 0 Å². The van der Waals surface area contributed by atoms with Crippen LogP contribution >= 0.6 is 0 Å². The minimum absolute atomic E-state index is 0.0780. The van der Waals surface area contributed by atoms with Gasteiger partial charge in [0, 0.05) is 17.8 Å². The van der Waals surface area contributed by atoms with E-state index in [0.29, 0.717) is 18.2 Å². The number of nitro groups is 1. The highest BCUT2D eigenvalue weighted by atomic mass is 16.6. The zero-order chi connectivity index (χ0) is 19.5. The number of hydrogen-bond donors (Lipinski definition) is 3. The number of hydrogen-bond acceptors (Lipinski definition) is 5. The maximum absolute atomic E-state index is 12.1. The Hall–Kier alpha value is -2.48. The molecule has 0 radical (unpaired) electrons. The number of nitro benzene ring substituents is 1. The first-order valence-electron chi connectivity index (χ1n) is 8.87. The lowest BCUT2D eigenvalue weighted by atomic mass is 9.99. The molecule has 0 fully saturated rings. The molecule has 144 valence electrons. The molecular weight excluding hydrogens is 338 g/mol. The van der Waals surface area contributed by atoms with Crippen molar-refractivity contribution in [1.82, 2.24) is 5.32 Å². The van der Waals surface area contributed by atoms with Crippen LogP contribution in [0.1, 0.15) is 46.0 Å². The average molecular weight is 365 g/mol. The largest absolute Gasteiger partial charge is 0.480 e. The second-order valence-electron chi connectivity index (χ2n) is 6.27. The van der Waals surface area contributed by atoms with Gasteiger partial charge in [-0.3, -0.25) is 19.7 Å². The minimum Gasteiger partial charge on any atom is -0.480 e. The Morgan fingerprint density at radius 1 is 1.23 bits per heavy atom. The fourth-order valence-corrected chi connectivity index (χ4v) is 2.56. The van der Waals surface area contributed by atoms with Crippen molar-refractivity contribution in [3.05, 3.63) is 34.4 Å². The van der Waals surface area contributed by atoms with Crippen LogP contribution in [0.4, 0.5) is 11.4 Å². The molecule has 0 heterocycles. The van der Waals surface area contributed by atoms with Gasteiger partial charge in [-0.15, -0.1) is 0 Å². The van der Waals surface area contributed by atoms with Crippen LogP contribution < -0.4 is 10.6 Å². The molecule has 8 heteroatoms. The number of aliphatic carboxylic acids is 1. The van der Waals surface area contributed by atoms with Gasteiger partial charge in [0.15, 0.2) is 0 Å². The van der Waals surface area contributed by atoms with E-state index in [4.69, 9.17) is 0 Å². The van der Waals surface area contributed by atoms with Gasteiger partial charge < -0.3 is 15.7 Å². The van der Waals surface area contributed by atoms with Crippen molar-refractivity contribution in [1.29, 1.82) is 0 Å². The number of nitrogens with zero attached hydrogens (tertiary/aromatic N) is 1. The molecule has 3 N–H and O–H groups in total. The molecule has 1 aromatic carbocycles. The number of amides is 1. The summed E-state index contributed by atoms with van der Waals surface area (Å²) in [6, 6.07) is 4.42. The summed E-state index contributed by atoms with van der Waals surface area (Å²) < 4.78 is 0. The molecular formula is C18H27N3O5. The van der Waals surface area contributed by atoms with E-state index in [2.05, 4.69) is 24.5 Å². The third-order valence-electron chi connectivity index (χ3n) is 4.25. The normalized spacial score (nSPS) is 13.0. The van der Waals surface area contributed by atoms with Crippen molar-refractivity contribution in [2.24, 2.45) is 5.92 Å². The van der Waals surface area contributed by atoms with Gasteiger partial charge in [0.2, 0.25) is 5.91 Å². The van der Waals surface area contributed by atoms with Gasteiger partial charge in [0.1, 0.15) is 6.04 Å². The van der Waals surface area contributed by atoms with Crippen LogP contribution in [0.3, 0.4) is 0 Å². The Balaban J connectivity index is 2.56. The molecule has 0 aliphatic carbocycles. The highest BCUT2D eigenvalue weighted by Gasteiger charge is 2.22. The molecule has 0 saturated heterocycles. The quantitative estimate of drug-likeness (QED) is 0.386. The predicted octanol–water partition coefficient (Wildman–Crippen LogP) is 3.18. The second-order valence-corrected chi connectivity index (χ2v) is 6.27. The zero-order valence-electron chi connectivity index (χ0n) is 15.2. The number of nitrogens with one attached hydrogen (secondary N) is 2. The fraction of sp³-hybridized carbons (Fsp3) is 0.556. The third kappa shape index (κ3) is 7.60. The second kappa shape index (κ2) is 11.2. The van der Waals surface area contributed by atoms with Gasteiger partial charge in [0.05, 0.1) is 11.3 Å². The molecule has 1 rings (SSSR count). The van der Waals surface area contributed by atoms with Gasteiger partial charge in [0.25, 0.3) is 5.69 Å². The van der Waals surface area contributed by atoms with E-state index in [9.17, 15) is 24.8 Å². The van der Waals surface area contributed by atoms with E-state index >= 15 is 0 Å². The Morgan fingerprint density at radius 3 is 2.38 bits per heavy atom. The lowest BCUT2D eigenvalue weighted by Crippen LogP contribution is -2.41. The van der Waals surface area contributed by atoms with E-state index < -0.39 is 22.8 Å². The molecule has 2 unspecified atom stereocenters. The topological polar surface area (TPSA) is 122 Å². The smallest absolute Gasteiger partial charge is 0.321 e. The van der Waals surface area contributed by atoms with Crippen molar-refractivity contribution in [3.8, 4) is 0 Å². The summed E-state index contributed by atoms with van der Waals surface area (Å²) in [5.41, 5.74) is 0.310. The summed E-state index contributed by atoms with van der Waals surface area (Å²) in [5.74, 6) is -1.15. The summed E-state index contributed by atoms with van der Waals surface area (Å²) in [6.07, 6.45) is 3.96. The van der Waals surface area contributed by atoms with Crippen molar-refractivity contribution < 1.29 is 19.6 Å². The molecule has 1 amide bonds. The van der Waals surface area contributed by atoms with Crippen LogP contribution in [0.5, 0.6) is 0 Å². The zero-order valence-corrected chi connectivity index (χ0v) is 15.2. The molecule has 0 bridgehead atoms. The van der Waals surface area contributed by atoms with Gasteiger partial charge >= 0.3 is 5.97 Å². The predicted molar refractivity (Wildman–Crippen MR) is 99.1 cm³/mol. The lowest BCUT2D eigenvalue weighted by molar-refractivity contribution is -0.384. The SMILES string of the molecule is CCCCC(CC)CNC(CC(=O)Nc1ccc([N+](=O)[O-])cc1)C(=O)O. The summed E-state index contributed by atoms with van der Waals surface area (Å²) >= 11 is 0. The number of carboxylic acids is 1. The van der Waals surface area contributed by atoms with Crippen LogP contribution in [-0.2, 0) is 9.59 Å². The van der Waals surface area contributed by atoms with Crippen LogP contribution in [0, 0.1) is 16.0 Å². The van der Waals surface area contributed by atoms with Crippen LogP contribution in [0.15, 0.2) is 24.3 Å². The van der Waals surface area contributed by atoms with Crippen molar-refractivity contribution >= 4 is 23.3 Å². The first kappa shape index (κ1) is 21.6. The maximum Gasteiger partial charge on any atom is 0.321 e. The minimum atomic E-state index is -1.07. The van der Waals surface area contributed by atoms with E-state index in [0.717, 1.165) is 25.7 Å². The number of unbranched alkanes of at least 4 members (excludes halogenated alkanes) is 1. The average Bonchev–Trinajstić information content (AvgIpc) is 2.61. The molecule has 0 saturated carbocycles. The van der Waals surface area contributed by atoms with Gasteiger partial charge in [-0.2, -0.15) is 0 Å². The molecule has 26 heavy (non-hydrogen) atoms. The fourth-order valence-electron chi connectivity index (χ4n) is 2.56. The summed E-state index contributed by atoms with van der Waals surface area (Å²) in [5, 5.41) is 25.5. The summed E-state index contributed by atoms with van der Waals surface area (Å²) in [7, 11) is 0. The third-order valence-corrected chi connectivity index (χ3v) is 4.25. The summed E-state index contributed by atoms with van der Waals surface area (Å²) in [6.45, 7) is 4.74. The molecule has 0 aliphatic heterocycles. The van der Waals surface area contributed by atoms with E-state index in [-0.39, 0.29) is 12.1 Å². The Kier molecular flexibility index (Phi) is 9.29. The standard InChI is InChI=1S/C18H27N3O5/c1-3-5-6-13(4-2)12-19-16(18(23)24)11-17(22)20-14-7-9-15(10-8-14)21(25)26/h7-10,13,16,19H,3-6,11-12H2,1-2H3,(H,20,22)(H,23,24). The molecule has 2 atom stereocenters. The van der Waals surface area contributed by atoms with Gasteiger partial charge in [-0.05, 0) is 31.0 Å². The number of carboxylic acid groups (broad SMARTS) is 1. The highest BCUT2D eigenvalue weighted by Crippen LogP contribution is 2.16. The molecule has 0 aliphatic rings. The van der Waals surface area contributed by atoms with Crippen LogP contribution in [0.2, 0.25) is 0 Å². The number of carbonyl (C=O) groups is 2. The van der Waals surface area contributed by atoms with Crippen molar-refractivity contribution in [2.75, 3.05) is 11.9 Å². The van der Waals surface area contributed by atoms with E-state index in [1.807, 2.05) is 0 Å². The van der Waals surface area contributed by atoms with Crippen LogP contribution in [-0.4, -0.2) is 34.5 Å².